The quantitative estimate of drug-likeness (QED) is 0.866. The molecule has 3 atom stereocenters. The van der Waals surface area contributed by atoms with Gasteiger partial charge < -0.3 is 10.4 Å². The van der Waals surface area contributed by atoms with Crippen LogP contribution in [0.3, 0.4) is 0 Å². The van der Waals surface area contributed by atoms with E-state index < -0.39 is 0 Å². The van der Waals surface area contributed by atoms with Crippen molar-refractivity contribution >= 4 is 0 Å². The first kappa shape index (κ1) is 15.0. The van der Waals surface area contributed by atoms with Crippen molar-refractivity contribution in [1.29, 1.82) is 5.26 Å². The van der Waals surface area contributed by atoms with Gasteiger partial charge in [-0.15, -0.1) is 0 Å². The molecule has 0 amide bonds. The van der Waals surface area contributed by atoms with Gasteiger partial charge in [-0.3, -0.25) is 0 Å². The van der Waals surface area contributed by atoms with Gasteiger partial charge in [0.25, 0.3) is 0 Å². The van der Waals surface area contributed by atoms with Crippen LogP contribution in [0.2, 0.25) is 0 Å². The second kappa shape index (κ2) is 7.42. The molecule has 108 valence electrons. The molecule has 1 saturated carbocycles. The van der Waals surface area contributed by atoms with E-state index in [1.165, 1.54) is 24.8 Å². The Labute approximate surface area is 121 Å². The summed E-state index contributed by atoms with van der Waals surface area (Å²) in [5.41, 5.74) is 1.91. The second-order valence-corrected chi connectivity index (χ2v) is 5.85. The first-order valence-corrected chi connectivity index (χ1v) is 7.59. The zero-order valence-corrected chi connectivity index (χ0v) is 12.2. The highest BCUT2D eigenvalue weighted by molar-refractivity contribution is 5.32. The summed E-state index contributed by atoms with van der Waals surface area (Å²) in [6, 6.07) is 10.2. The number of nitriles is 1. The summed E-state index contributed by atoms with van der Waals surface area (Å²) in [4.78, 5) is 0. The molecule has 0 aliphatic heterocycles. The molecular formula is C17H24N2O. The number of nitrogens with zero attached hydrogens (tertiary/aromatic N) is 1. The molecule has 20 heavy (non-hydrogen) atoms. The lowest BCUT2D eigenvalue weighted by atomic mass is 9.79. The van der Waals surface area contributed by atoms with Crippen molar-refractivity contribution < 1.29 is 5.11 Å². The average molecular weight is 272 g/mol. The Hall–Kier alpha value is -1.37. The number of aliphatic hydroxyl groups excluding tert-OH is 1. The van der Waals surface area contributed by atoms with Crippen molar-refractivity contribution in [2.75, 3.05) is 13.2 Å². The molecule has 3 heteroatoms. The number of hydrogen-bond donors (Lipinski definition) is 2. The number of rotatable bonds is 5. The van der Waals surface area contributed by atoms with Crippen LogP contribution in [0.15, 0.2) is 24.3 Å². The van der Waals surface area contributed by atoms with Gasteiger partial charge >= 0.3 is 0 Å². The molecular weight excluding hydrogens is 248 g/mol. The standard InChI is InChI=1S/C17H24N2O/c1-13(15-8-6-14(10-18)7-9-15)19-11-16-4-2-3-5-17(16)12-20/h6-9,13,16-17,19-20H,2-5,11-12H2,1H3. The van der Waals surface area contributed by atoms with E-state index in [4.69, 9.17) is 5.26 Å². The molecule has 0 saturated heterocycles. The van der Waals surface area contributed by atoms with E-state index >= 15 is 0 Å². The molecule has 3 unspecified atom stereocenters. The van der Waals surface area contributed by atoms with E-state index in [0.29, 0.717) is 24.0 Å². The van der Waals surface area contributed by atoms with Crippen molar-refractivity contribution in [2.45, 2.75) is 38.6 Å². The topological polar surface area (TPSA) is 56.0 Å². The minimum absolute atomic E-state index is 0.281. The van der Waals surface area contributed by atoms with E-state index in [0.717, 1.165) is 13.0 Å². The normalized spacial score (nSPS) is 24.1. The van der Waals surface area contributed by atoms with E-state index in [9.17, 15) is 5.11 Å². The van der Waals surface area contributed by atoms with Gasteiger partial charge in [0.2, 0.25) is 0 Å². The van der Waals surface area contributed by atoms with E-state index in [1.54, 1.807) is 0 Å². The Morgan fingerprint density at radius 2 is 1.90 bits per heavy atom. The maximum atomic E-state index is 9.44. The molecule has 0 aromatic heterocycles. The van der Waals surface area contributed by atoms with Gasteiger partial charge in [0.1, 0.15) is 0 Å². The maximum absolute atomic E-state index is 9.44. The molecule has 1 aromatic rings. The van der Waals surface area contributed by atoms with Crippen LogP contribution in [0.4, 0.5) is 0 Å². The number of nitrogens with one attached hydrogen (secondary N) is 1. The van der Waals surface area contributed by atoms with Gasteiger partial charge in [0.05, 0.1) is 11.6 Å². The zero-order valence-electron chi connectivity index (χ0n) is 12.2. The van der Waals surface area contributed by atoms with Crippen LogP contribution >= 0.6 is 0 Å². The van der Waals surface area contributed by atoms with Crippen LogP contribution < -0.4 is 5.32 Å². The predicted molar refractivity (Wildman–Crippen MR) is 80.1 cm³/mol. The third kappa shape index (κ3) is 3.82. The van der Waals surface area contributed by atoms with Crippen molar-refractivity contribution in [3.8, 4) is 6.07 Å². The van der Waals surface area contributed by atoms with Crippen LogP contribution in [0, 0.1) is 23.2 Å². The highest BCUT2D eigenvalue weighted by Crippen LogP contribution is 2.29. The fraction of sp³-hybridized carbons (Fsp3) is 0.588. The van der Waals surface area contributed by atoms with Crippen molar-refractivity contribution in [2.24, 2.45) is 11.8 Å². The van der Waals surface area contributed by atoms with Crippen molar-refractivity contribution in [3.63, 3.8) is 0 Å². The molecule has 3 nitrogen and oxygen atoms in total. The van der Waals surface area contributed by atoms with Gasteiger partial charge in [-0.25, -0.2) is 0 Å². The number of benzene rings is 1. The average Bonchev–Trinajstić information content (AvgIpc) is 2.53. The largest absolute Gasteiger partial charge is 0.396 e. The van der Waals surface area contributed by atoms with Crippen molar-refractivity contribution in [3.05, 3.63) is 35.4 Å². The molecule has 1 fully saturated rings. The molecule has 0 spiro atoms. The van der Waals surface area contributed by atoms with Gasteiger partial charge in [0, 0.05) is 12.6 Å². The van der Waals surface area contributed by atoms with Gasteiger partial charge in [-0.1, -0.05) is 25.0 Å². The fourth-order valence-corrected chi connectivity index (χ4v) is 3.09. The lowest BCUT2D eigenvalue weighted by Crippen LogP contribution is -2.33. The summed E-state index contributed by atoms with van der Waals surface area (Å²) >= 11 is 0. The zero-order chi connectivity index (χ0) is 14.4. The Morgan fingerprint density at radius 1 is 1.25 bits per heavy atom. The summed E-state index contributed by atoms with van der Waals surface area (Å²) < 4.78 is 0. The monoisotopic (exact) mass is 272 g/mol. The van der Waals surface area contributed by atoms with Crippen LogP contribution in [-0.2, 0) is 0 Å². The second-order valence-electron chi connectivity index (χ2n) is 5.85. The summed E-state index contributed by atoms with van der Waals surface area (Å²) in [5, 5.41) is 21.8. The third-order valence-electron chi connectivity index (χ3n) is 4.53. The SMILES string of the molecule is CC(NCC1CCCCC1CO)c1ccc(C#N)cc1. The van der Waals surface area contributed by atoms with E-state index in [-0.39, 0.29) is 6.04 Å². The van der Waals surface area contributed by atoms with Gasteiger partial charge in [0.15, 0.2) is 0 Å². The highest BCUT2D eigenvalue weighted by Gasteiger charge is 2.24. The fourth-order valence-electron chi connectivity index (χ4n) is 3.09. The Balaban J connectivity index is 1.87. The van der Waals surface area contributed by atoms with Crippen molar-refractivity contribution in [1.82, 2.24) is 5.32 Å². The minimum Gasteiger partial charge on any atom is -0.396 e. The predicted octanol–water partition coefficient (Wildman–Crippen LogP) is 3.01. The maximum Gasteiger partial charge on any atom is 0.0991 e. The van der Waals surface area contributed by atoms with E-state index in [1.807, 2.05) is 24.3 Å². The lowest BCUT2D eigenvalue weighted by molar-refractivity contribution is 0.131. The first-order valence-electron chi connectivity index (χ1n) is 7.59. The summed E-state index contributed by atoms with van der Waals surface area (Å²) in [6.07, 6.45) is 4.92. The molecule has 2 N–H and O–H groups in total. The highest BCUT2D eigenvalue weighted by atomic mass is 16.3. The number of aliphatic hydroxyl groups is 1. The molecule has 1 aliphatic rings. The van der Waals surface area contributed by atoms with Crippen LogP contribution in [0.1, 0.15) is 49.8 Å². The summed E-state index contributed by atoms with van der Waals surface area (Å²) in [7, 11) is 0. The Bertz CT molecular complexity index is 449. The smallest absolute Gasteiger partial charge is 0.0991 e. The van der Waals surface area contributed by atoms with Gasteiger partial charge in [-0.05, 0) is 55.8 Å². The van der Waals surface area contributed by atoms with Gasteiger partial charge in [-0.2, -0.15) is 5.26 Å². The third-order valence-corrected chi connectivity index (χ3v) is 4.53. The summed E-state index contributed by atoms with van der Waals surface area (Å²) in [5.74, 6) is 1.05. The number of hydrogen-bond acceptors (Lipinski definition) is 3. The molecule has 1 aromatic carbocycles. The van der Waals surface area contributed by atoms with Crippen LogP contribution in [0.5, 0.6) is 0 Å². The lowest BCUT2D eigenvalue weighted by Gasteiger charge is -2.31. The molecule has 1 aliphatic carbocycles. The summed E-state index contributed by atoms with van der Waals surface area (Å²) in [6.45, 7) is 3.43. The molecule has 2 rings (SSSR count). The molecule has 0 bridgehead atoms. The van der Waals surface area contributed by atoms with Crippen LogP contribution in [0.25, 0.3) is 0 Å². The van der Waals surface area contributed by atoms with E-state index in [2.05, 4.69) is 18.3 Å². The first-order chi connectivity index (χ1) is 9.74. The molecule has 0 radical (unpaired) electrons. The Kier molecular flexibility index (Phi) is 5.58. The Morgan fingerprint density at radius 3 is 2.50 bits per heavy atom. The molecule has 0 heterocycles. The van der Waals surface area contributed by atoms with Crippen LogP contribution in [-0.4, -0.2) is 18.3 Å². The minimum atomic E-state index is 0.281.